The highest BCUT2D eigenvalue weighted by atomic mass is 19.1. The van der Waals surface area contributed by atoms with Crippen LogP contribution in [0.3, 0.4) is 0 Å². The zero-order chi connectivity index (χ0) is 10.8. The van der Waals surface area contributed by atoms with E-state index in [4.69, 9.17) is 0 Å². The van der Waals surface area contributed by atoms with E-state index in [9.17, 15) is 4.39 Å². The molecule has 1 aromatic rings. The van der Waals surface area contributed by atoms with E-state index >= 15 is 0 Å². The van der Waals surface area contributed by atoms with E-state index < -0.39 is 6.17 Å². The van der Waals surface area contributed by atoms with Crippen LogP contribution in [0.15, 0.2) is 12.4 Å². The van der Waals surface area contributed by atoms with Crippen molar-refractivity contribution in [2.24, 2.45) is 0 Å². The van der Waals surface area contributed by atoms with E-state index in [1.165, 1.54) is 0 Å². The Labute approximate surface area is 89.3 Å². The molecule has 0 radical (unpaired) electrons. The van der Waals surface area contributed by atoms with Crippen LogP contribution in [0.2, 0.25) is 0 Å². The lowest BCUT2D eigenvalue weighted by Gasteiger charge is -2.17. The van der Waals surface area contributed by atoms with Crippen molar-refractivity contribution in [3.8, 4) is 0 Å². The summed E-state index contributed by atoms with van der Waals surface area (Å²) < 4.78 is 13.0. The van der Waals surface area contributed by atoms with E-state index in [-0.39, 0.29) is 0 Å². The van der Waals surface area contributed by atoms with Crippen molar-refractivity contribution in [2.45, 2.75) is 32.4 Å². The molecule has 1 aromatic heterocycles. The molecule has 0 N–H and O–H groups in total. The molecule has 0 aliphatic carbocycles. The van der Waals surface area contributed by atoms with Gasteiger partial charge in [-0.25, -0.2) is 9.37 Å². The van der Waals surface area contributed by atoms with Crippen molar-refractivity contribution < 1.29 is 4.39 Å². The van der Waals surface area contributed by atoms with Gasteiger partial charge in [-0.15, -0.1) is 0 Å². The maximum atomic E-state index is 13.0. The molecule has 1 fully saturated rings. The van der Waals surface area contributed by atoms with Gasteiger partial charge in [-0.2, -0.15) is 0 Å². The summed E-state index contributed by atoms with van der Waals surface area (Å²) in [6, 6.07) is 0. The summed E-state index contributed by atoms with van der Waals surface area (Å²) in [7, 11) is 0. The Morgan fingerprint density at radius 3 is 2.87 bits per heavy atom. The Hall–Kier alpha value is -1.19. The van der Waals surface area contributed by atoms with Crippen LogP contribution in [0.4, 0.5) is 10.2 Å². The van der Waals surface area contributed by atoms with Crippen LogP contribution in [-0.4, -0.2) is 29.2 Å². The fourth-order valence-corrected chi connectivity index (χ4v) is 1.73. The Kier molecular flexibility index (Phi) is 2.84. The first kappa shape index (κ1) is 10.3. The molecule has 2 rings (SSSR count). The number of nitrogens with zero attached hydrogens (tertiary/aromatic N) is 3. The summed E-state index contributed by atoms with van der Waals surface area (Å²) in [6.45, 7) is 5.36. The summed E-state index contributed by atoms with van der Waals surface area (Å²) in [5, 5.41) is 0. The molecular weight excluding hydrogens is 193 g/mol. The van der Waals surface area contributed by atoms with E-state index in [1.807, 2.05) is 4.90 Å². The van der Waals surface area contributed by atoms with Gasteiger partial charge < -0.3 is 4.90 Å². The van der Waals surface area contributed by atoms with Gasteiger partial charge in [0.05, 0.1) is 18.4 Å². The number of aromatic nitrogens is 2. The Morgan fingerprint density at radius 1 is 1.47 bits per heavy atom. The van der Waals surface area contributed by atoms with Gasteiger partial charge in [-0.1, -0.05) is 13.8 Å². The van der Waals surface area contributed by atoms with Gasteiger partial charge in [0.2, 0.25) is 0 Å². The predicted octanol–water partition coefficient (Wildman–Crippen LogP) is 2.15. The fourth-order valence-electron chi connectivity index (χ4n) is 1.73. The predicted molar refractivity (Wildman–Crippen MR) is 57.8 cm³/mol. The molecule has 1 atom stereocenters. The van der Waals surface area contributed by atoms with Crippen LogP contribution in [0, 0.1) is 0 Å². The van der Waals surface area contributed by atoms with Crippen molar-refractivity contribution in [2.75, 3.05) is 18.0 Å². The Morgan fingerprint density at radius 2 is 2.27 bits per heavy atom. The fraction of sp³-hybridized carbons (Fsp3) is 0.636. The minimum Gasteiger partial charge on any atom is -0.352 e. The van der Waals surface area contributed by atoms with Crippen LogP contribution < -0.4 is 4.90 Å². The molecule has 0 saturated carbocycles. The van der Waals surface area contributed by atoms with Crippen molar-refractivity contribution in [1.82, 2.24) is 9.97 Å². The zero-order valence-electron chi connectivity index (χ0n) is 9.15. The molecular formula is C11H16FN3. The second-order valence-corrected chi connectivity index (χ2v) is 4.29. The molecule has 1 aliphatic rings. The third-order valence-corrected chi connectivity index (χ3v) is 2.69. The monoisotopic (exact) mass is 209 g/mol. The molecule has 0 aromatic carbocycles. The maximum Gasteiger partial charge on any atom is 0.147 e. The van der Waals surface area contributed by atoms with E-state index in [0.29, 0.717) is 18.9 Å². The molecule has 2 heterocycles. The van der Waals surface area contributed by atoms with Crippen LogP contribution in [0.5, 0.6) is 0 Å². The second kappa shape index (κ2) is 4.13. The van der Waals surface area contributed by atoms with Gasteiger partial charge in [0, 0.05) is 12.7 Å². The van der Waals surface area contributed by atoms with Gasteiger partial charge in [0.1, 0.15) is 12.0 Å². The molecule has 1 aliphatic heterocycles. The average Bonchev–Trinajstić information content (AvgIpc) is 2.65. The molecule has 15 heavy (non-hydrogen) atoms. The zero-order valence-corrected chi connectivity index (χ0v) is 9.15. The number of alkyl halides is 1. The highest BCUT2D eigenvalue weighted by Crippen LogP contribution is 2.20. The van der Waals surface area contributed by atoms with Gasteiger partial charge in [0.25, 0.3) is 0 Å². The molecule has 0 spiro atoms. The summed E-state index contributed by atoms with van der Waals surface area (Å²) in [5.41, 5.74) is 0.967. The lowest BCUT2D eigenvalue weighted by atomic mass is 10.1. The highest BCUT2D eigenvalue weighted by Gasteiger charge is 2.23. The lowest BCUT2D eigenvalue weighted by molar-refractivity contribution is 0.364. The molecule has 82 valence electrons. The molecule has 0 bridgehead atoms. The minimum absolute atomic E-state index is 0.362. The van der Waals surface area contributed by atoms with Gasteiger partial charge in [0.15, 0.2) is 0 Å². The maximum absolute atomic E-state index is 13.0. The first-order valence-corrected chi connectivity index (χ1v) is 5.38. The molecule has 1 unspecified atom stereocenters. The van der Waals surface area contributed by atoms with Gasteiger partial charge in [-0.3, -0.25) is 4.98 Å². The van der Waals surface area contributed by atoms with Crippen LogP contribution in [-0.2, 0) is 0 Å². The van der Waals surface area contributed by atoms with E-state index in [1.54, 1.807) is 12.4 Å². The third kappa shape index (κ3) is 2.25. The Bertz CT molecular complexity index is 340. The number of hydrogen-bond acceptors (Lipinski definition) is 3. The minimum atomic E-state index is -0.713. The molecule has 1 saturated heterocycles. The first-order chi connectivity index (χ1) is 7.16. The molecule has 4 heteroatoms. The largest absolute Gasteiger partial charge is 0.352 e. The van der Waals surface area contributed by atoms with Crippen molar-refractivity contribution in [3.05, 3.63) is 18.1 Å². The number of anilines is 1. The average molecular weight is 209 g/mol. The number of halogens is 1. The van der Waals surface area contributed by atoms with Crippen LogP contribution in [0.1, 0.15) is 31.9 Å². The summed E-state index contributed by atoms with van der Waals surface area (Å²) >= 11 is 0. The van der Waals surface area contributed by atoms with E-state index in [0.717, 1.165) is 18.1 Å². The van der Waals surface area contributed by atoms with Crippen LogP contribution >= 0.6 is 0 Å². The summed E-state index contributed by atoms with van der Waals surface area (Å²) in [4.78, 5) is 10.6. The smallest absolute Gasteiger partial charge is 0.147 e. The van der Waals surface area contributed by atoms with Crippen molar-refractivity contribution in [3.63, 3.8) is 0 Å². The van der Waals surface area contributed by atoms with Crippen LogP contribution in [0.25, 0.3) is 0 Å². The first-order valence-electron chi connectivity index (χ1n) is 5.38. The number of hydrogen-bond donors (Lipinski definition) is 0. The Balaban J connectivity index is 2.18. The second-order valence-electron chi connectivity index (χ2n) is 4.29. The van der Waals surface area contributed by atoms with Gasteiger partial charge in [-0.05, 0) is 12.3 Å². The normalized spacial score (nSPS) is 21.3. The molecule has 3 nitrogen and oxygen atoms in total. The topological polar surface area (TPSA) is 29.0 Å². The quantitative estimate of drug-likeness (QED) is 0.747. The summed E-state index contributed by atoms with van der Waals surface area (Å²) in [6.07, 6.45) is 3.38. The lowest BCUT2D eigenvalue weighted by Crippen LogP contribution is -2.21. The third-order valence-electron chi connectivity index (χ3n) is 2.69. The SMILES string of the molecule is CC(C)c1cncc(N2CCC(F)C2)n1. The highest BCUT2D eigenvalue weighted by molar-refractivity contribution is 5.38. The van der Waals surface area contributed by atoms with E-state index in [2.05, 4.69) is 23.8 Å². The summed E-state index contributed by atoms with van der Waals surface area (Å²) in [5.74, 6) is 1.17. The molecule has 0 amide bonds. The number of rotatable bonds is 2. The van der Waals surface area contributed by atoms with Crippen molar-refractivity contribution in [1.29, 1.82) is 0 Å². The standard InChI is InChI=1S/C11H16FN3/c1-8(2)10-5-13-6-11(14-10)15-4-3-9(12)7-15/h5-6,8-9H,3-4,7H2,1-2H3. The van der Waals surface area contributed by atoms with Crippen molar-refractivity contribution >= 4 is 5.82 Å². The van der Waals surface area contributed by atoms with Gasteiger partial charge >= 0.3 is 0 Å².